The number of hydrogen-bond donors (Lipinski definition) is 6. The van der Waals surface area contributed by atoms with Gasteiger partial charge in [0, 0.05) is 273 Å². The molecule has 0 aromatic carbocycles. The van der Waals surface area contributed by atoms with Crippen molar-refractivity contribution in [3.05, 3.63) is 147 Å². The lowest BCUT2D eigenvalue weighted by Gasteiger charge is -2.31. The number of ether oxygens (including phenoxy) is 5. The third kappa shape index (κ3) is 28.0. The Balaban J connectivity index is 0.000000143. The molecular formula is C90H135N27O19S6. The van der Waals surface area contributed by atoms with Crippen molar-refractivity contribution < 1.29 is 44.1 Å². The smallest absolute Gasteiger partial charge is 0.332 e. The van der Waals surface area contributed by atoms with Crippen LogP contribution in [0.25, 0.3) is 0 Å². The first kappa shape index (κ1) is 111. The van der Waals surface area contributed by atoms with Gasteiger partial charge in [0.2, 0.25) is 0 Å². The topological polar surface area (TPSA) is 478 Å². The van der Waals surface area contributed by atoms with Crippen LogP contribution in [0.5, 0.6) is 0 Å². The Morgan fingerprint density at radius 2 is 0.556 bits per heavy atom. The molecule has 18 rings (SSSR count). The van der Waals surface area contributed by atoms with Crippen LogP contribution in [-0.2, 0) is 145 Å². The van der Waals surface area contributed by atoms with Crippen LogP contribution in [0.4, 0.5) is 34.9 Å². The van der Waals surface area contributed by atoms with Gasteiger partial charge in [0.25, 0.3) is 22.2 Å². The normalized spacial score (nSPS) is 18.6. The summed E-state index contributed by atoms with van der Waals surface area (Å²) in [6, 6.07) is 0. The zero-order valence-electron chi connectivity index (χ0n) is 82.6. The fraction of sp³-hybridized carbons (Fsp3) is 0.667. The number of rotatable bonds is 27. The van der Waals surface area contributed by atoms with Crippen molar-refractivity contribution in [1.29, 1.82) is 0 Å². The van der Waals surface area contributed by atoms with Crippen LogP contribution >= 0.6 is 71.5 Å². The number of aliphatic hydroxyl groups is 4. The Kier molecular flexibility index (Phi) is 41.7. The number of aliphatic imine (C=N–C) groups is 6. The predicted molar refractivity (Wildman–Crippen MR) is 562 cm³/mol. The zero-order valence-corrected chi connectivity index (χ0v) is 87.5. The summed E-state index contributed by atoms with van der Waals surface area (Å²) in [4.78, 5) is 166. The minimum atomic E-state index is -0.434. The van der Waals surface area contributed by atoms with E-state index in [1.165, 1.54) is 64.7 Å². The molecule has 52 heteroatoms. The highest BCUT2D eigenvalue weighted by Gasteiger charge is 2.33. The molecule has 142 heavy (non-hydrogen) atoms. The Morgan fingerprint density at radius 3 is 0.859 bits per heavy atom. The molecule has 780 valence electrons. The Hall–Kier alpha value is -8.70. The quantitative estimate of drug-likeness (QED) is 0.0287. The van der Waals surface area contributed by atoms with Crippen molar-refractivity contribution in [2.75, 3.05) is 277 Å². The Labute approximate surface area is 847 Å². The van der Waals surface area contributed by atoms with E-state index in [9.17, 15) is 63.3 Å². The van der Waals surface area contributed by atoms with Gasteiger partial charge in [-0.05, 0) is 13.5 Å². The molecule has 0 spiro atoms. The summed E-state index contributed by atoms with van der Waals surface area (Å²) >= 11 is 17.5. The van der Waals surface area contributed by atoms with Crippen molar-refractivity contribution >= 4 is 138 Å². The molecule has 46 nitrogen and oxygen atoms in total. The second-order valence-corrected chi connectivity index (χ2v) is 41.0. The van der Waals surface area contributed by atoms with Gasteiger partial charge in [-0.3, -0.25) is 113 Å². The first-order valence-electron chi connectivity index (χ1n) is 48.2. The number of anilines is 2. The van der Waals surface area contributed by atoms with Crippen LogP contribution in [0.3, 0.4) is 0 Å². The highest BCUT2D eigenvalue weighted by Crippen LogP contribution is 2.34. The van der Waals surface area contributed by atoms with Crippen molar-refractivity contribution in [2.24, 2.45) is 86.3 Å². The number of aliphatic hydroxyl groups excluding tert-OH is 4. The third-order valence-corrected chi connectivity index (χ3v) is 31.0. The number of nitrogens with zero attached hydrogens (tertiary/aromatic N) is 25. The van der Waals surface area contributed by atoms with Gasteiger partial charge >= 0.3 is 34.1 Å². The van der Waals surface area contributed by atoms with Crippen LogP contribution in [0.1, 0.15) is 39.8 Å². The summed E-state index contributed by atoms with van der Waals surface area (Å²) in [5.41, 5.74) is 1.21. The monoisotopic (exact) mass is 2090 g/mol. The molecule has 6 aromatic rings. The van der Waals surface area contributed by atoms with Crippen LogP contribution in [0.2, 0.25) is 0 Å². The van der Waals surface area contributed by atoms with E-state index < -0.39 is 5.69 Å². The molecule has 6 saturated heterocycles. The number of hydrogen-bond acceptors (Lipinski definition) is 38. The van der Waals surface area contributed by atoms with Crippen molar-refractivity contribution in [2.45, 2.75) is 71.1 Å². The number of aromatic nitrogens is 12. The molecule has 0 unspecified atom stereocenters. The maximum atomic E-state index is 12.4. The van der Waals surface area contributed by atoms with Crippen molar-refractivity contribution in [1.82, 2.24) is 89.1 Å². The first-order chi connectivity index (χ1) is 68.5. The van der Waals surface area contributed by atoms with Gasteiger partial charge in [0.1, 0.15) is 55.9 Å². The van der Waals surface area contributed by atoms with Gasteiger partial charge in [0.05, 0.1) is 161 Å². The Bertz CT molecular complexity index is 6140. The molecule has 0 amide bonds. The Morgan fingerprint density at radius 1 is 0.296 bits per heavy atom. The SMILES string of the molecule is CN1CCN(CCN=C2Cc3c(n(C)c(=O)n(C)c3=O)N2)CC1.Cn1c(=O)c2c(n(CCCO)c1=O)N=C(SCCN1CCOCC1)C2.Cn1c(=O)c2c(n(CCO)c1=O)N=C(SCCN1CCOCC1)C2.Cn1c(=S)c2c(n(CCO)c1=O)N=C(SCCN1CCOCC1)C2.Cn1c(=S)c2c(n(CCO)c1=O)N=C(SCCN1CCOCC1)C2.Cn1c2c(c(=O)n(C)c1=O)CC(=NCCN1CCOCC1)N2. The van der Waals surface area contributed by atoms with Gasteiger partial charge in [-0.15, -0.1) is 47.0 Å². The number of piperazine rings is 1. The lowest BCUT2D eigenvalue weighted by atomic mass is 10.2. The lowest BCUT2D eigenvalue weighted by Crippen LogP contribution is -2.45. The lowest BCUT2D eigenvalue weighted by molar-refractivity contribution is 0.0394. The molecule has 0 saturated carbocycles. The highest BCUT2D eigenvalue weighted by atomic mass is 32.2. The number of amidine groups is 2. The summed E-state index contributed by atoms with van der Waals surface area (Å²) in [6.45, 7) is 29.5. The molecule has 0 bridgehead atoms. The van der Waals surface area contributed by atoms with Gasteiger partial charge < -0.3 is 59.6 Å². The van der Waals surface area contributed by atoms with Crippen molar-refractivity contribution in [3.63, 3.8) is 0 Å². The standard InChI is InChI=1S/C16H24N4O4S.C15H24N6O2.C15H22N4O4S.2C15H22N4O3S2.C14H21N5O3/c1-18-15(22)12-11-13(25-10-6-19-4-8-24-9-5-19)17-14(12)20(16(18)23)3-2-7-21;1-18-6-8-21(9-7-18)5-4-16-12-10-11-13(17-12)19(2)15(23)20(3)14(11)22;1-17-14(21)11-10-12(16-13(11)19(2-6-20)15(17)22)24-9-5-18-3-7-23-8-4-18;2*1-17-14(23)11-10-12(16-13(11)19(2-6-20)15(17)21)24-9-5-18-3-7-22-8-4-18;1-17-12-10(13(20)18(2)14(17)21)9-11(16-12)15-3-4-19-5-7-22-8-6-19/h21H,2-11H2,1H3;4-10H2,1-3H3,(H,16,17);3*20H,2-10H2,1H3;3-9H2,1-2H3,(H,15,16). The molecule has 6 aromatic heterocycles. The minimum Gasteiger partial charge on any atom is -0.396 e. The molecule has 0 aliphatic carbocycles. The second kappa shape index (κ2) is 53.6. The second-order valence-electron chi connectivity index (χ2n) is 35.5. The van der Waals surface area contributed by atoms with E-state index in [0.29, 0.717) is 131 Å². The summed E-state index contributed by atoms with van der Waals surface area (Å²) in [5, 5.41) is 46.6. The van der Waals surface area contributed by atoms with E-state index >= 15 is 0 Å². The summed E-state index contributed by atoms with van der Waals surface area (Å²) in [7, 11) is 14.8. The molecule has 18 heterocycles. The van der Waals surface area contributed by atoms with E-state index in [0.717, 1.165) is 281 Å². The fourth-order valence-corrected chi connectivity index (χ4v) is 22.1. The van der Waals surface area contributed by atoms with Gasteiger partial charge in [-0.25, -0.2) is 48.7 Å². The molecule has 0 atom stereocenters. The van der Waals surface area contributed by atoms with Gasteiger partial charge in [0.15, 0.2) is 0 Å². The number of likely N-dealkylation sites (N-methyl/N-ethyl adjacent to an activating group) is 1. The maximum absolute atomic E-state index is 12.4. The number of thioether (sulfide) groups is 4. The fourth-order valence-electron chi connectivity index (χ4n) is 17.7. The molecule has 6 N–H and O–H groups in total. The number of morpholine rings is 5. The largest absolute Gasteiger partial charge is 0.396 e. The van der Waals surface area contributed by atoms with E-state index in [1.807, 2.05) is 0 Å². The minimum absolute atomic E-state index is 0.00504. The van der Waals surface area contributed by atoms with Crippen molar-refractivity contribution in [3.8, 4) is 0 Å². The maximum Gasteiger partial charge on any atom is 0.332 e. The number of nitrogens with one attached hydrogen (secondary N) is 2. The molecule has 6 fully saturated rings. The molecule has 12 aliphatic heterocycles. The summed E-state index contributed by atoms with van der Waals surface area (Å²) in [6.07, 6.45) is 3.66. The van der Waals surface area contributed by atoms with Gasteiger partial charge in [-0.2, -0.15) is 0 Å². The molecule has 12 aliphatic rings. The average Bonchev–Trinajstić information content (AvgIpc) is 1.66. The summed E-state index contributed by atoms with van der Waals surface area (Å²) < 4.78 is 44.0. The highest BCUT2D eigenvalue weighted by molar-refractivity contribution is 8.14. The van der Waals surface area contributed by atoms with Crippen LogP contribution in [-0.4, -0.2) is 408 Å². The summed E-state index contributed by atoms with van der Waals surface area (Å²) in [5.74, 6) is 8.47. The van der Waals surface area contributed by atoms with E-state index in [1.54, 1.807) is 75.2 Å². The van der Waals surface area contributed by atoms with Gasteiger partial charge in [-0.1, -0.05) is 24.4 Å². The predicted octanol–water partition coefficient (Wildman–Crippen LogP) is -2.63. The molecule has 0 radical (unpaired) electrons. The van der Waals surface area contributed by atoms with Crippen LogP contribution < -0.4 is 67.0 Å². The van der Waals surface area contributed by atoms with E-state index in [4.69, 9.17) is 53.2 Å². The van der Waals surface area contributed by atoms with Crippen LogP contribution in [0, 0.1) is 9.28 Å². The third-order valence-electron chi connectivity index (χ3n) is 26.2. The van der Waals surface area contributed by atoms with E-state index in [2.05, 4.69) is 81.9 Å². The van der Waals surface area contributed by atoms with Crippen LogP contribution in [0.15, 0.2) is 77.9 Å². The number of fused-ring (bicyclic) bond motifs is 6. The zero-order chi connectivity index (χ0) is 101. The first-order valence-corrected chi connectivity index (χ1v) is 52.9. The molecular weight excluding hydrogens is 1960 g/mol. The van der Waals surface area contributed by atoms with E-state index in [-0.39, 0.29) is 96.7 Å². The average molecular weight is 2090 g/mol.